The van der Waals surface area contributed by atoms with E-state index in [0.29, 0.717) is 0 Å². The number of unbranched alkanes of at least 4 members (excludes halogenated alkanes) is 1. The zero-order valence-electron chi connectivity index (χ0n) is 19.7. The topological polar surface area (TPSA) is 0 Å². The summed E-state index contributed by atoms with van der Waals surface area (Å²) in [5.74, 6) is 3.18. The smallest absolute Gasteiger partial charge is 0.0386 e. The molecule has 2 aliphatic rings. The van der Waals surface area contributed by atoms with Crippen molar-refractivity contribution in [2.75, 3.05) is 0 Å². The minimum atomic E-state index is 1.05. The van der Waals surface area contributed by atoms with Crippen LogP contribution in [0.1, 0.15) is 161 Å². The lowest BCUT2D eigenvalue weighted by atomic mass is 9.78. The van der Waals surface area contributed by atoms with E-state index in [1.54, 1.807) is 32.1 Å². The van der Waals surface area contributed by atoms with Crippen LogP contribution < -0.4 is 0 Å². The Morgan fingerprint density at radius 2 is 0.786 bits per heavy atom. The Balaban J connectivity index is 1.89. The molecule has 0 aromatic rings. The third-order valence-electron chi connectivity index (χ3n) is 8.16. The van der Waals surface area contributed by atoms with Gasteiger partial charge in [-0.1, -0.05) is 161 Å². The number of rotatable bonds is 4. The molecule has 2 fully saturated rings. The summed E-state index contributed by atoms with van der Waals surface area (Å²) in [5, 5.41) is 0. The van der Waals surface area contributed by atoms with Crippen LogP contribution in [0.25, 0.3) is 0 Å². The van der Waals surface area contributed by atoms with Crippen LogP contribution in [0.5, 0.6) is 0 Å². The highest BCUT2D eigenvalue weighted by Crippen LogP contribution is 2.35. The van der Waals surface area contributed by atoms with Gasteiger partial charge >= 0.3 is 0 Å². The van der Waals surface area contributed by atoms with Crippen LogP contribution in [-0.4, -0.2) is 0 Å². The van der Waals surface area contributed by atoms with Crippen molar-refractivity contribution in [2.45, 2.75) is 161 Å². The van der Waals surface area contributed by atoms with Crippen molar-refractivity contribution in [2.24, 2.45) is 17.8 Å². The van der Waals surface area contributed by atoms with Crippen molar-refractivity contribution in [3.05, 3.63) is 0 Å². The molecule has 2 rings (SSSR count). The summed E-state index contributed by atoms with van der Waals surface area (Å²) in [5.41, 5.74) is 0. The molecule has 0 heteroatoms. The predicted molar refractivity (Wildman–Crippen MR) is 127 cm³/mol. The second kappa shape index (κ2) is 16.8. The molecule has 2 unspecified atom stereocenters. The zero-order chi connectivity index (χ0) is 19.7. The predicted octanol–water partition coefficient (Wildman–Crippen LogP) is 10.2. The van der Waals surface area contributed by atoms with Crippen LogP contribution >= 0.6 is 0 Å². The van der Waals surface area contributed by atoms with Gasteiger partial charge in [0.15, 0.2) is 0 Å². The lowest BCUT2D eigenvalue weighted by Crippen LogP contribution is -2.16. The SMILES string of the molecule is CCCCC1CCCCCCCCCCC(C2CCCCCCCC2)CCC1. The molecule has 166 valence electrons. The zero-order valence-corrected chi connectivity index (χ0v) is 19.7. The summed E-state index contributed by atoms with van der Waals surface area (Å²) in [6.45, 7) is 2.37. The van der Waals surface area contributed by atoms with E-state index < -0.39 is 0 Å². The van der Waals surface area contributed by atoms with E-state index in [1.807, 2.05) is 0 Å². The summed E-state index contributed by atoms with van der Waals surface area (Å²) in [7, 11) is 0. The summed E-state index contributed by atoms with van der Waals surface area (Å²) in [6, 6.07) is 0. The van der Waals surface area contributed by atoms with Crippen molar-refractivity contribution in [1.29, 1.82) is 0 Å². The minimum absolute atomic E-state index is 1.05. The molecule has 0 saturated heterocycles. The first-order valence-corrected chi connectivity index (χ1v) is 13.9. The quantitative estimate of drug-likeness (QED) is 0.447. The molecule has 0 radical (unpaired) electrons. The molecule has 0 aromatic heterocycles. The third kappa shape index (κ3) is 11.3. The molecular weight excluding hydrogens is 336 g/mol. The fraction of sp³-hybridized carbons (Fsp3) is 1.00. The highest BCUT2D eigenvalue weighted by Gasteiger charge is 2.22. The average Bonchev–Trinajstić information content (AvgIpc) is 2.84. The van der Waals surface area contributed by atoms with E-state index in [1.165, 1.54) is 122 Å². The first kappa shape index (κ1) is 24.3. The molecule has 2 saturated carbocycles. The molecule has 0 heterocycles. The Morgan fingerprint density at radius 1 is 0.429 bits per heavy atom. The van der Waals surface area contributed by atoms with Gasteiger partial charge in [0.2, 0.25) is 0 Å². The standard InChI is InChI=1S/C28H54/c1-2-3-19-26-20-14-10-6-4-5-7-11-17-24-28(25-18-21-26)27-22-15-12-8-9-13-16-23-27/h26-28H,2-25H2,1H3. The Labute approximate surface area is 179 Å². The first-order chi connectivity index (χ1) is 13.9. The number of hydrogen-bond donors (Lipinski definition) is 0. The van der Waals surface area contributed by atoms with Crippen molar-refractivity contribution < 1.29 is 0 Å². The summed E-state index contributed by atoms with van der Waals surface area (Å²) in [4.78, 5) is 0. The second-order valence-electron chi connectivity index (χ2n) is 10.6. The van der Waals surface area contributed by atoms with Gasteiger partial charge in [-0.15, -0.1) is 0 Å². The third-order valence-corrected chi connectivity index (χ3v) is 8.16. The van der Waals surface area contributed by atoms with Crippen LogP contribution in [0.4, 0.5) is 0 Å². The van der Waals surface area contributed by atoms with Gasteiger partial charge in [0.25, 0.3) is 0 Å². The van der Waals surface area contributed by atoms with E-state index in [-0.39, 0.29) is 0 Å². The molecule has 0 nitrogen and oxygen atoms in total. The van der Waals surface area contributed by atoms with Gasteiger partial charge in [-0.2, -0.15) is 0 Å². The molecule has 2 atom stereocenters. The Bertz CT molecular complexity index is 323. The van der Waals surface area contributed by atoms with Gasteiger partial charge in [0.05, 0.1) is 0 Å². The van der Waals surface area contributed by atoms with Crippen LogP contribution in [0, 0.1) is 17.8 Å². The highest BCUT2D eigenvalue weighted by molar-refractivity contribution is 4.74. The number of hydrogen-bond acceptors (Lipinski definition) is 0. The van der Waals surface area contributed by atoms with Crippen LogP contribution in [0.15, 0.2) is 0 Å². The van der Waals surface area contributed by atoms with Crippen molar-refractivity contribution >= 4 is 0 Å². The van der Waals surface area contributed by atoms with Gasteiger partial charge in [0.1, 0.15) is 0 Å². The Morgan fingerprint density at radius 3 is 1.25 bits per heavy atom. The van der Waals surface area contributed by atoms with Gasteiger partial charge in [-0.3, -0.25) is 0 Å². The Kier molecular flexibility index (Phi) is 14.5. The van der Waals surface area contributed by atoms with Crippen LogP contribution in [-0.2, 0) is 0 Å². The van der Waals surface area contributed by atoms with Crippen molar-refractivity contribution in [1.82, 2.24) is 0 Å². The van der Waals surface area contributed by atoms with E-state index in [2.05, 4.69) is 6.92 Å². The fourth-order valence-corrected chi connectivity index (χ4v) is 6.25. The lowest BCUT2D eigenvalue weighted by Gasteiger charge is -2.28. The van der Waals surface area contributed by atoms with Gasteiger partial charge in [-0.05, 0) is 17.8 Å². The first-order valence-electron chi connectivity index (χ1n) is 13.9. The average molecular weight is 391 g/mol. The van der Waals surface area contributed by atoms with Crippen molar-refractivity contribution in [3.8, 4) is 0 Å². The van der Waals surface area contributed by atoms with Crippen molar-refractivity contribution in [3.63, 3.8) is 0 Å². The largest absolute Gasteiger partial charge is 0.0654 e. The maximum absolute atomic E-state index is 2.37. The monoisotopic (exact) mass is 390 g/mol. The van der Waals surface area contributed by atoms with Gasteiger partial charge in [-0.25, -0.2) is 0 Å². The highest BCUT2D eigenvalue weighted by atomic mass is 14.3. The van der Waals surface area contributed by atoms with E-state index in [4.69, 9.17) is 0 Å². The molecule has 0 spiro atoms. The molecule has 0 N–H and O–H groups in total. The van der Waals surface area contributed by atoms with E-state index in [9.17, 15) is 0 Å². The molecule has 0 aromatic carbocycles. The van der Waals surface area contributed by atoms with Gasteiger partial charge in [0, 0.05) is 0 Å². The summed E-state index contributed by atoms with van der Waals surface area (Å²) < 4.78 is 0. The van der Waals surface area contributed by atoms with Gasteiger partial charge < -0.3 is 0 Å². The minimum Gasteiger partial charge on any atom is -0.0654 e. The van der Waals surface area contributed by atoms with E-state index in [0.717, 1.165) is 17.8 Å². The van der Waals surface area contributed by atoms with E-state index >= 15 is 0 Å². The molecule has 0 amide bonds. The second-order valence-corrected chi connectivity index (χ2v) is 10.6. The lowest BCUT2D eigenvalue weighted by molar-refractivity contribution is 0.235. The molecular formula is C28H54. The normalized spacial score (nSPS) is 29.0. The summed E-state index contributed by atoms with van der Waals surface area (Å²) >= 11 is 0. The summed E-state index contributed by atoms with van der Waals surface area (Å²) in [6.07, 6.45) is 36.4. The molecule has 2 aliphatic carbocycles. The molecule has 0 bridgehead atoms. The Hall–Kier alpha value is 0. The maximum Gasteiger partial charge on any atom is -0.0386 e. The molecule has 0 aliphatic heterocycles. The molecule has 28 heavy (non-hydrogen) atoms. The van der Waals surface area contributed by atoms with Crippen LogP contribution in [0.3, 0.4) is 0 Å². The maximum atomic E-state index is 2.37. The fourth-order valence-electron chi connectivity index (χ4n) is 6.25. The van der Waals surface area contributed by atoms with Crippen LogP contribution in [0.2, 0.25) is 0 Å².